The number of ether oxygens (including phenoxy) is 1. The van der Waals surface area contributed by atoms with Gasteiger partial charge < -0.3 is 14.6 Å². The molecule has 1 rings (SSSR count). The summed E-state index contributed by atoms with van der Waals surface area (Å²) >= 11 is 0. The Morgan fingerprint density at radius 1 is 1.38 bits per heavy atom. The topological polar surface area (TPSA) is 63.6 Å². The fourth-order valence-electron chi connectivity index (χ4n) is 1.37. The van der Waals surface area contributed by atoms with E-state index in [1.165, 1.54) is 7.11 Å². The lowest BCUT2D eigenvalue weighted by molar-refractivity contribution is -0.146. The van der Waals surface area contributed by atoms with Crippen LogP contribution in [0.5, 0.6) is 0 Å². The Bertz CT molecular complexity index is 356. The molecule has 1 aromatic carbocycles. The van der Waals surface area contributed by atoms with E-state index >= 15 is 0 Å². The summed E-state index contributed by atoms with van der Waals surface area (Å²) in [5, 5.41) is 8.85. The Balaban J connectivity index is 2.70. The van der Waals surface area contributed by atoms with Gasteiger partial charge in [0.2, 0.25) is 0 Å². The molecule has 0 aliphatic carbocycles. The van der Waals surface area contributed by atoms with Crippen LogP contribution in [0.25, 0.3) is 0 Å². The van der Waals surface area contributed by atoms with Crippen LogP contribution in [0.15, 0.2) is 24.3 Å². The van der Waals surface area contributed by atoms with Crippen molar-refractivity contribution in [3.05, 3.63) is 35.4 Å². The summed E-state index contributed by atoms with van der Waals surface area (Å²) in [5.41, 5.74) is 1.66. The predicted octanol–water partition coefficient (Wildman–Crippen LogP) is 0.710. The predicted molar refractivity (Wildman–Crippen MR) is 57.6 cm³/mol. The van der Waals surface area contributed by atoms with Crippen molar-refractivity contribution in [1.82, 2.24) is 0 Å². The van der Waals surface area contributed by atoms with E-state index in [1.807, 2.05) is 0 Å². The van der Waals surface area contributed by atoms with E-state index in [1.54, 1.807) is 24.3 Å². The summed E-state index contributed by atoms with van der Waals surface area (Å²) in [6.45, 7) is -0.0195. The molecule has 0 radical (unpaired) electrons. The van der Waals surface area contributed by atoms with Gasteiger partial charge in [-0.15, -0.1) is 0 Å². The average molecular weight is 222 g/mol. The van der Waals surface area contributed by atoms with Crippen LogP contribution in [0.1, 0.15) is 11.1 Å². The lowest BCUT2D eigenvalue weighted by Crippen LogP contribution is -2.19. The van der Waals surface area contributed by atoms with Gasteiger partial charge in [-0.3, -0.25) is 4.79 Å². The van der Waals surface area contributed by atoms with Crippen molar-refractivity contribution < 1.29 is 19.4 Å². The summed E-state index contributed by atoms with van der Waals surface area (Å²) < 4.78 is 4.51. The number of aliphatic hydroxyl groups is 1. The first-order valence-corrected chi connectivity index (χ1v) is 4.93. The van der Waals surface area contributed by atoms with Gasteiger partial charge in [0, 0.05) is 0 Å². The first kappa shape index (κ1) is 12.4. The highest BCUT2D eigenvalue weighted by atomic mass is 16.5. The quantitative estimate of drug-likeness (QED) is 0.452. The lowest BCUT2D eigenvalue weighted by atomic mass is 10.00. The minimum atomic E-state index is -0.759. The lowest BCUT2D eigenvalue weighted by Gasteiger charge is -2.08. The number of carbonyl (C=O) groups is 2. The number of aliphatic hydroxyl groups excluding tert-OH is 1. The molecule has 0 heterocycles. The zero-order chi connectivity index (χ0) is 12.0. The number of rotatable bonds is 5. The van der Waals surface area contributed by atoms with Crippen molar-refractivity contribution in [2.24, 2.45) is 5.92 Å². The maximum atomic E-state index is 11.2. The summed E-state index contributed by atoms with van der Waals surface area (Å²) in [6, 6.07) is 7.08. The van der Waals surface area contributed by atoms with Gasteiger partial charge in [-0.1, -0.05) is 24.3 Å². The van der Waals surface area contributed by atoms with E-state index in [0.717, 1.165) is 11.1 Å². The van der Waals surface area contributed by atoms with Crippen LogP contribution < -0.4 is 0 Å². The van der Waals surface area contributed by atoms with Gasteiger partial charge in [0.05, 0.1) is 13.7 Å². The highest BCUT2D eigenvalue weighted by molar-refractivity contribution is 5.87. The molecule has 0 aliphatic heterocycles. The van der Waals surface area contributed by atoms with E-state index in [9.17, 15) is 9.59 Å². The first-order valence-electron chi connectivity index (χ1n) is 4.93. The molecule has 4 heteroatoms. The number of esters is 1. The van der Waals surface area contributed by atoms with Gasteiger partial charge in [-0.25, -0.2) is 0 Å². The van der Waals surface area contributed by atoms with E-state index in [2.05, 4.69) is 4.74 Å². The van der Waals surface area contributed by atoms with Gasteiger partial charge >= 0.3 is 5.97 Å². The third kappa shape index (κ3) is 3.17. The molecular weight excluding hydrogens is 208 g/mol. The number of hydrogen-bond acceptors (Lipinski definition) is 4. The second-order valence-corrected chi connectivity index (χ2v) is 3.44. The molecule has 86 valence electrons. The van der Waals surface area contributed by atoms with Gasteiger partial charge in [0.1, 0.15) is 12.2 Å². The molecule has 0 aromatic heterocycles. The average Bonchev–Trinajstić information content (AvgIpc) is 2.35. The van der Waals surface area contributed by atoms with Crippen LogP contribution in [0.3, 0.4) is 0 Å². The van der Waals surface area contributed by atoms with Crippen LogP contribution >= 0.6 is 0 Å². The zero-order valence-corrected chi connectivity index (χ0v) is 9.05. The Hall–Kier alpha value is -1.68. The number of methoxy groups -OCH3 is 1. The molecular formula is C12H14O4. The van der Waals surface area contributed by atoms with E-state index < -0.39 is 11.9 Å². The molecule has 1 N–H and O–H groups in total. The molecule has 0 saturated heterocycles. The third-order valence-electron chi connectivity index (χ3n) is 2.33. The van der Waals surface area contributed by atoms with E-state index in [0.29, 0.717) is 12.7 Å². The molecule has 0 amide bonds. The summed E-state index contributed by atoms with van der Waals surface area (Å²) in [5.74, 6) is -1.29. The molecule has 4 nitrogen and oxygen atoms in total. The molecule has 16 heavy (non-hydrogen) atoms. The Labute approximate surface area is 93.9 Å². The monoisotopic (exact) mass is 222 g/mol. The number of carbonyl (C=O) groups excluding carboxylic acids is 2. The van der Waals surface area contributed by atoms with Crippen molar-refractivity contribution in [2.45, 2.75) is 13.0 Å². The van der Waals surface area contributed by atoms with E-state index in [4.69, 9.17) is 5.11 Å². The molecule has 1 aromatic rings. The van der Waals surface area contributed by atoms with Crippen LogP contribution in [-0.2, 0) is 27.4 Å². The second kappa shape index (κ2) is 6.02. The summed E-state index contributed by atoms with van der Waals surface area (Å²) in [4.78, 5) is 21.9. The number of hydrogen-bond donors (Lipinski definition) is 1. The van der Waals surface area contributed by atoms with Gasteiger partial charge in [0.15, 0.2) is 0 Å². The van der Waals surface area contributed by atoms with Gasteiger partial charge in [-0.05, 0) is 17.5 Å². The summed E-state index contributed by atoms with van der Waals surface area (Å²) in [7, 11) is 1.26. The standard InChI is InChI=1S/C12H14O4/c1-16-12(15)11(8-14)6-9-2-4-10(7-13)5-3-9/h2-5,8,11,13H,6-7H2,1H3. The Morgan fingerprint density at radius 2 is 1.94 bits per heavy atom. The molecule has 0 saturated carbocycles. The van der Waals surface area contributed by atoms with E-state index in [-0.39, 0.29) is 6.61 Å². The van der Waals surface area contributed by atoms with Gasteiger partial charge in [0.25, 0.3) is 0 Å². The van der Waals surface area contributed by atoms with Crippen molar-refractivity contribution in [2.75, 3.05) is 7.11 Å². The third-order valence-corrected chi connectivity index (χ3v) is 2.33. The fourth-order valence-corrected chi connectivity index (χ4v) is 1.37. The molecule has 0 aliphatic rings. The van der Waals surface area contributed by atoms with Crippen molar-refractivity contribution >= 4 is 12.3 Å². The maximum Gasteiger partial charge on any atom is 0.316 e. The largest absolute Gasteiger partial charge is 0.468 e. The molecule has 1 atom stereocenters. The van der Waals surface area contributed by atoms with Crippen LogP contribution in [0, 0.1) is 5.92 Å². The highest BCUT2D eigenvalue weighted by Gasteiger charge is 2.18. The SMILES string of the molecule is COC(=O)C(C=O)Cc1ccc(CO)cc1. The molecule has 0 fully saturated rings. The van der Waals surface area contributed by atoms with Crippen molar-refractivity contribution in [3.8, 4) is 0 Å². The summed E-state index contributed by atoms with van der Waals surface area (Å²) in [6.07, 6.45) is 0.910. The number of aldehydes is 1. The molecule has 0 spiro atoms. The van der Waals surface area contributed by atoms with Crippen LogP contribution in [-0.4, -0.2) is 24.5 Å². The van der Waals surface area contributed by atoms with Gasteiger partial charge in [-0.2, -0.15) is 0 Å². The maximum absolute atomic E-state index is 11.2. The minimum Gasteiger partial charge on any atom is -0.468 e. The molecule has 1 unspecified atom stereocenters. The second-order valence-electron chi connectivity index (χ2n) is 3.44. The normalized spacial score (nSPS) is 11.9. The zero-order valence-electron chi connectivity index (χ0n) is 9.05. The van der Waals surface area contributed by atoms with Crippen LogP contribution in [0.4, 0.5) is 0 Å². The smallest absolute Gasteiger partial charge is 0.316 e. The first-order chi connectivity index (χ1) is 7.71. The Morgan fingerprint density at radius 3 is 2.38 bits per heavy atom. The van der Waals surface area contributed by atoms with Crippen molar-refractivity contribution in [3.63, 3.8) is 0 Å². The van der Waals surface area contributed by atoms with Crippen molar-refractivity contribution in [1.29, 1.82) is 0 Å². The number of benzene rings is 1. The Kier molecular flexibility index (Phi) is 4.66. The minimum absolute atomic E-state index is 0.0195. The van der Waals surface area contributed by atoms with Crippen LogP contribution in [0.2, 0.25) is 0 Å². The fraction of sp³-hybridized carbons (Fsp3) is 0.333. The highest BCUT2D eigenvalue weighted by Crippen LogP contribution is 2.10. The molecule has 0 bridgehead atoms.